The summed E-state index contributed by atoms with van der Waals surface area (Å²) in [4.78, 5) is 3.96. The molecule has 5 heteroatoms. The maximum atomic E-state index is 13.5. The molecule has 4 nitrogen and oxygen atoms in total. The summed E-state index contributed by atoms with van der Waals surface area (Å²) in [7, 11) is 0. The van der Waals surface area contributed by atoms with E-state index in [0.717, 1.165) is 29.6 Å². The van der Waals surface area contributed by atoms with E-state index in [2.05, 4.69) is 22.3 Å². The molecule has 108 valence electrons. The van der Waals surface area contributed by atoms with Gasteiger partial charge in [-0.05, 0) is 36.7 Å². The zero-order chi connectivity index (χ0) is 14.7. The number of halogens is 1. The van der Waals surface area contributed by atoms with Crippen molar-refractivity contribution in [1.29, 1.82) is 0 Å². The molecule has 0 saturated carbocycles. The summed E-state index contributed by atoms with van der Waals surface area (Å²) < 4.78 is 15.3. The zero-order valence-electron chi connectivity index (χ0n) is 11.8. The van der Waals surface area contributed by atoms with Gasteiger partial charge in [-0.2, -0.15) is 5.10 Å². The number of rotatable bonds is 5. The first-order chi connectivity index (χ1) is 10.3. The van der Waals surface area contributed by atoms with Crippen LogP contribution in [0, 0.1) is 5.82 Å². The summed E-state index contributed by atoms with van der Waals surface area (Å²) in [5.41, 5.74) is 2.84. The number of fused-ring (bicyclic) bond motifs is 1. The molecule has 0 bridgehead atoms. The van der Waals surface area contributed by atoms with Crippen molar-refractivity contribution in [3.05, 3.63) is 66.0 Å². The van der Waals surface area contributed by atoms with E-state index >= 15 is 0 Å². The van der Waals surface area contributed by atoms with Gasteiger partial charge >= 0.3 is 0 Å². The molecule has 0 aromatic carbocycles. The van der Waals surface area contributed by atoms with Crippen molar-refractivity contribution in [2.75, 3.05) is 6.54 Å². The highest BCUT2D eigenvalue weighted by Gasteiger charge is 2.18. The van der Waals surface area contributed by atoms with Crippen molar-refractivity contribution in [1.82, 2.24) is 19.9 Å². The first-order valence-corrected chi connectivity index (χ1v) is 7.05. The Morgan fingerprint density at radius 1 is 1.29 bits per heavy atom. The van der Waals surface area contributed by atoms with Crippen molar-refractivity contribution in [2.24, 2.45) is 0 Å². The molecule has 1 atom stereocenters. The normalized spacial score (nSPS) is 12.7. The average Bonchev–Trinajstić information content (AvgIpc) is 2.92. The Morgan fingerprint density at radius 2 is 2.19 bits per heavy atom. The second kappa shape index (κ2) is 6.01. The van der Waals surface area contributed by atoms with Crippen LogP contribution in [0.25, 0.3) is 5.52 Å². The van der Waals surface area contributed by atoms with E-state index in [4.69, 9.17) is 0 Å². The lowest BCUT2D eigenvalue weighted by Crippen LogP contribution is -2.23. The number of nitrogens with one attached hydrogen (secondary N) is 1. The number of hydrogen-bond donors (Lipinski definition) is 1. The van der Waals surface area contributed by atoms with Gasteiger partial charge in [-0.3, -0.25) is 4.98 Å². The summed E-state index contributed by atoms with van der Waals surface area (Å²) in [6.45, 7) is 2.94. The van der Waals surface area contributed by atoms with Crippen LogP contribution in [0.3, 0.4) is 0 Å². The second-order valence-electron chi connectivity index (χ2n) is 4.95. The summed E-state index contributed by atoms with van der Waals surface area (Å²) >= 11 is 0. The minimum Gasteiger partial charge on any atom is -0.306 e. The standard InChI is InChI=1S/C16H17FN4/c1-2-6-19-16(12-8-13(17)10-18-9-12)14-11-20-21-7-4-3-5-15(14)21/h3-5,7-11,16,19H,2,6H2,1H3. The highest BCUT2D eigenvalue weighted by molar-refractivity contribution is 5.56. The minimum atomic E-state index is -0.327. The second-order valence-corrected chi connectivity index (χ2v) is 4.95. The third kappa shape index (κ3) is 2.78. The van der Waals surface area contributed by atoms with Crippen LogP contribution in [0.5, 0.6) is 0 Å². The summed E-state index contributed by atoms with van der Waals surface area (Å²) in [5, 5.41) is 7.81. The Labute approximate surface area is 122 Å². The maximum absolute atomic E-state index is 13.5. The van der Waals surface area contributed by atoms with E-state index in [-0.39, 0.29) is 11.9 Å². The molecule has 3 aromatic heterocycles. The zero-order valence-corrected chi connectivity index (χ0v) is 11.8. The van der Waals surface area contributed by atoms with Crippen LogP contribution in [0.4, 0.5) is 4.39 Å². The molecule has 0 radical (unpaired) electrons. The Balaban J connectivity index is 2.06. The van der Waals surface area contributed by atoms with Crippen molar-refractivity contribution in [3.8, 4) is 0 Å². The Morgan fingerprint density at radius 3 is 3.00 bits per heavy atom. The van der Waals surface area contributed by atoms with E-state index in [1.165, 1.54) is 12.3 Å². The van der Waals surface area contributed by atoms with Gasteiger partial charge in [0, 0.05) is 18.0 Å². The van der Waals surface area contributed by atoms with Crippen LogP contribution < -0.4 is 5.32 Å². The van der Waals surface area contributed by atoms with E-state index in [0.29, 0.717) is 0 Å². The van der Waals surface area contributed by atoms with E-state index in [9.17, 15) is 4.39 Å². The molecule has 0 amide bonds. The molecular weight excluding hydrogens is 267 g/mol. The Kier molecular flexibility index (Phi) is 3.92. The quantitative estimate of drug-likeness (QED) is 0.783. The van der Waals surface area contributed by atoms with Crippen LogP contribution in [0.1, 0.15) is 30.5 Å². The van der Waals surface area contributed by atoms with Gasteiger partial charge in [0.1, 0.15) is 5.82 Å². The highest BCUT2D eigenvalue weighted by atomic mass is 19.1. The summed E-state index contributed by atoms with van der Waals surface area (Å²) in [6, 6.07) is 7.32. The van der Waals surface area contributed by atoms with Gasteiger partial charge in [0.05, 0.1) is 24.0 Å². The fourth-order valence-corrected chi connectivity index (χ4v) is 2.46. The van der Waals surface area contributed by atoms with E-state index in [1.807, 2.05) is 35.1 Å². The smallest absolute Gasteiger partial charge is 0.141 e. The van der Waals surface area contributed by atoms with Gasteiger partial charge in [0.2, 0.25) is 0 Å². The molecule has 3 rings (SSSR count). The Bertz CT molecular complexity index is 738. The fourth-order valence-electron chi connectivity index (χ4n) is 2.46. The lowest BCUT2D eigenvalue weighted by molar-refractivity contribution is 0.582. The van der Waals surface area contributed by atoms with Gasteiger partial charge in [-0.25, -0.2) is 8.91 Å². The van der Waals surface area contributed by atoms with Gasteiger partial charge in [-0.1, -0.05) is 13.0 Å². The van der Waals surface area contributed by atoms with Crippen LogP contribution in [0.2, 0.25) is 0 Å². The third-order valence-electron chi connectivity index (χ3n) is 3.43. The van der Waals surface area contributed by atoms with Gasteiger partial charge in [0.15, 0.2) is 0 Å². The maximum Gasteiger partial charge on any atom is 0.141 e. The molecule has 0 spiro atoms. The van der Waals surface area contributed by atoms with Crippen LogP contribution in [-0.4, -0.2) is 21.1 Å². The fraction of sp³-hybridized carbons (Fsp3) is 0.250. The largest absolute Gasteiger partial charge is 0.306 e. The van der Waals surface area contributed by atoms with Crippen molar-refractivity contribution >= 4 is 5.52 Å². The molecule has 0 saturated heterocycles. The minimum absolute atomic E-state index is 0.118. The summed E-state index contributed by atoms with van der Waals surface area (Å²) in [5.74, 6) is -0.327. The van der Waals surface area contributed by atoms with Crippen LogP contribution >= 0.6 is 0 Å². The molecule has 3 heterocycles. The first-order valence-electron chi connectivity index (χ1n) is 7.05. The van der Waals surface area contributed by atoms with E-state index in [1.54, 1.807) is 6.20 Å². The first kappa shape index (κ1) is 13.7. The van der Waals surface area contributed by atoms with Crippen LogP contribution in [-0.2, 0) is 0 Å². The SMILES string of the molecule is CCCNC(c1cncc(F)c1)c1cnn2ccccc12. The molecule has 1 N–H and O–H groups in total. The van der Waals surface area contributed by atoms with E-state index < -0.39 is 0 Å². The topological polar surface area (TPSA) is 42.2 Å². The predicted octanol–water partition coefficient (Wildman–Crippen LogP) is 2.96. The molecule has 0 fully saturated rings. The van der Waals surface area contributed by atoms with Crippen LogP contribution in [0.15, 0.2) is 49.1 Å². The van der Waals surface area contributed by atoms with Crippen molar-refractivity contribution < 1.29 is 4.39 Å². The Hall–Kier alpha value is -2.27. The number of hydrogen-bond acceptors (Lipinski definition) is 3. The van der Waals surface area contributed by atoms with Gasteiger partial charge in [-0.15, -0.1) is 0 Å². The van der Waals surface area contributed by atoms with Gasteiger partial charge < -0.3 is 5.32 Å². The lowest BCUT2D eigenvalue weighted by atomic mass is 10.0. The monoisotopic (exact) mass is 284 g/mol. The molecule has 3 aromatic rings. The number of nitrogens with zero attached hydrogens (tertiary/aromatic N) is 3. The van der Waals surface area contributed by atoms with Crippen molar-refractivity contribution in [3.63, 3.8) is 0 Å². The highest BCUT2D eigenvalue weighted by Crippen LogP contribution is 2.25. The third-order valence-corrected chi connectivity index (χ3v) is 3.43. The molecule has 1 unspecified atom stereocenters. The molecule has 0 aliphatic carbocycles. The molecule has 0 aliphatic rings. The number of pyridine rings is 2. The lowest BCUT2D eigenvalue weighted by Gasteiger charge is -2.18. The summed E-state index contributed by atoms with van der Waals surface area (Å²) in [6.07, 6.45) is 7.64. The molecular formula is C16H17FN4. The number of aromatic nitrogens is 3. The average molecular weight is 284 g/mol. The molecule has 0 aliphatic heterocycles. The van der Waals surface area contributed by atoms with Gasteiger partial charge in [0.25, 0.3) is 0 Å². The predicted molar refractivity (Wildman–Crippen MR) is 79.5 cm³/mol. The van der Waals surface area contributed by atoms with Crippen molar-refractivity contribution in [2.45, 2.75) is 19.4 Å². The molecule has 21 heavy (non-hydrogen) atoms.